The van der Waals surface area contributed by atoms with Crippen molar-refractivity contribution in [1.29, 1.82) is 0 Å². The summed E-state index contributed by atoms with van der Waals surface area (Å²) in [5, 5.41) is 14.9. The highest BCUT2D eigenvalue weighted by Gasteiger charge is 2.15. The molecule has 2 N–H and O–H groups in total. The Bertz CT molecular complexity index is 1530. The fourth-order valence-electron chi connectivity index (χ4n) is 3.75. The Morgan fingerprint density at radius 2 is 1.66 bits per heavy atom. The molecule has 0 aliphatic rings. The number of hydrogen-bond donors (Lipinski definition) is 2. The predicted octanol–water partition coefficient (Wildman–Crippen LogP) is 4.36. The van der Waals surface area contributed by atoms with E-state index in [1.165, 1.54) is 0 Å². The van der Waals surface area contributed by atoms with Crippen molar-refractivity contribution in [3.05, 3.63) is 90.5 Å². The first-order valence-electron chi connectivity index (χ1n) is 11.1. The van der Waals surface area contributed by atoms with Crippen molar-refractivity contribution in [2.75, 3.05) is 10.6 Å². The number of benzene rings is 2. The Balaban J connectivity index is 1.37. The number of carbonyl (C=O) groups is 2. The maximum atomic E-state index is 13.3. The van der Waals surface area contributed by atoms with Crippen LogP contribution in [0, 0.1) is 0 Å². The smallest absolute Gasteiger partial charge is 0.276 e. The van der Waals surface area contributed by atoms with E-state index in [2.05, 4.69) is 20.8 Å². The number of aryl methyl sites for hydroxylation is 2. The summed E-state index contributed by atoms with van der Waals surface area (Å²) in [6.45, 7) is 2.76. The first kappa shape index (κ1) is 22.0. The summed E-state index contributed by atoms with van der Waals surface area (Å²) in [6.07, 6.45) is 5.37. The van der Waals surface area contributed by atoms with E-state index >= 15 is 0 Å². The van der Waals surface area contributed by atoms with Crippen molar-refractivity contribution < 1.29 is 9.59 Å². The number of pyridine rings is 1. The van der Waals surface area contributed by atoms with Crippen LogP contribution in [0.25, 0.3) is 22.2 Å². The van der Waals surface area contributed by atoms with Gasteiger partial charge in [0.1, 0.15) is 0 Å². The summed E-state index contributed by atoms with van der Waals surface area (Å²) in [4.78, 5) is 30.3. The molecule has 0 spiro atoms. The van der Waals surface area contributed by atoms with E-state index < -0.39 is 0 Å². The van der Waals surface area contributed by atoms with E-state index in [4.69, 9.17) is 4.98 Å². The van der Waals surface area contributed by atoms with E-state index in [-0.39, 0.29) is 11.8 Å². The Kier molecular flexibility index (Phi) is 5.80. The molecule has 0 aliphatic heterocycles. The van der Waals surface area contributed by atoms with Crippen molar-refractivity contribution in [3.63, 3.8) is 0 Å². The number of fused-ring (bicyclic) bond motifs is 1. The van der Waals surface area contributed by atoms with Crippen molar-refractivity contribution in [2.45, 2.75) is 13.5 Å². The van der Waals surface area contributed by atoms with E-state index in [9.17, 15) is 9.59 Å². The largest absolute Gasteiger partial charge is 0.322 e. The maximum absolute atomic E-state index is 13.3. The fraction of sp³-hybridized carbons (Fsp3) is 0.115. The van der Waals surface area contributed by atoms with Gasteiger partial charge in [-0.1, -0.05) is 18.2 Å². The second kappa shape index (κ2) is 9.22. The van der Waals surface area contributed by atoms with Crippen molar-refractivity contribution in [1.82, 2.24) is 24.5 Å². The zero-order valence-corrected chi connectivity index (χ0v) is 19.3. The van der Waals surface area contributed by atoms with Crippen LogP contribution in [0.4, 0.5) is 11.4 Å². The molecule has 0 atom stereocenters. The molecule has 9 heteroatoms. The molecule has 2 amide bonds. The molecule has 9 nitrogen and oxygen atoms in total. The molecule has 3 heterocycles. The van der Waals surface area contributed by atoms with Gasteiger partial charge in [0, 0.05) is 48.3 Å². The second-order valence-electron chi connectivity index (χ2n) is 8.02. The molecule has 3 aromatic heterocycles. The van der Waals surface area contributed by atoms with Gasteiger partial charge in [0.2, 0.25) is 0 Å². The predicted molar refractivity (Wildman–Crippen MR) is 134 cm³/mol. The number of anilines is 2. The van der Waals surface area contributed by atoms with Gasteiger partial charge in [0.15, 0.2) is 5.69 Å². The molecule has 0 saturated heterocycles. The summed E-state index contributed by atoms with van der Waals surface area (Å²) in [5.41, 5.74) is 4.31. The van der Waals surface area contributed by atoms with Gasteiger partial charge in [-0.05, 0) is 49.4 Å². The number of amides is 2. The van der Waals surface area contributed by atoms with Gasteiger partial charge >= 0.3 is 0 Å². The van der Waals surface area contributed by atoms with Gasteiger partial charge < -0.3 is 10.6 Å². The molecule has 0 aliphatic carbocycles. The van der Waals surface area contributed by atoms with Gasteiger partial charge in [-0.15, -0.1) is 0 Å². The molecule has 0 radical (unpaired) electrons. The third-order valence-electron chi connectivity index (χ3n) is 5.56. The number of nitrogens with one attached hydrogen (secondary N) is 2. The van der Waals surface area contributed by atoms with Gasteiger partial charge in [-0.2, -0.15) is 10.2 Å². The highest BCUT2D eigenvalue weighted by atomic mass is 16.2. The maximum Gasteiger partial charge on any atom is 0.276 e. The fourth-order valence-corrected chi connectivity index (χ4v) is 3.75. The number of hydrogen-bond acceptors (Lipinski definition) is 5. The monoisotopic (exact) mass is 465 g/mol. The van der Waals surface area contributed by atoms with Gasteiger partial charge in [-0.3, -0.25) is 19.0 Å². The van der Waals surface area contributed by atoms with Gasteiger partial charge in [-0.25, -0.2) is 4.98 Å². The SMILES string of the molecule is CCn1cc(-c2cc(C(=O)Nc3ccc(NC(=O)c4ccn(C)n4)cc3)c3ccccc3n2)cn1. The number of rotatable bonds is 6. The average molecular weight is 466 g/mol. The van der Waals surface area contributed by atoms with E-state index in [0.29, 0.717) is 28.3 Å². The second-order valence-corrected chi connectivity index (χ2v) is 8.02. The minimum atomic E-state index is -0.301. The number of nitrogens with zero attached hydrogens (tertiary/aromatic N) is 5. The van der Waals surface area contributed by atoms with Crippen molar-refractivity contribution >= 4 is 34.1 Å². The van der Waals surface area contributed by atoms with Gasteiger partial charge in [0.25, 0.3) is 11.8 Å². The molecule has 35 heavy (non-hydrogen) atoms. The zero-order chi connectivity index (χ0) is 24.4. The lowest BCUT2D eigenvalue weighted by Crippen LogP contribution is -2.14. The van der Waals surface area contributed by atoms with Crippen LogP contribution in [0.15, 0.2) is 79.3 Å². The summed E-state index contributed by atoms with van der Waals surface area (Å²) in [7, 11) is 1.75. The normalized spacial score (nSPS) is 10.9. The van der Waals surface area contributed by atoms with Crippen LogP contribution in [0.2, 0.25) is 0 Å². The molecule has 2 aromatic carbocycles. The van der Waals surface area contributed by atoms with Gasteiger partial charge in [0.05, 0.1) is 23.0 Å². The third-order valence-corrected chi connectivity index (χ3v) is 5.56. The van der Waals surface area contributed by atoms with Crippen LogP contribution < -0.4 is 10.6 Å². The van der Waals surface area contributed by atoms with Crippen molar-refractivity contribution in [3.8, 4) is 11.3 Å². The summed E-state index contributed by atoms with van der Waals surface area (Å²) < 4.78 is 3.39. The third kappa shape index (κ3) is 4.65. The molecule has 0 fully saturated rings. The minimum absolute atomic E-state index is 0.252. The van der Waals surface area contributed by atoms with E-state index in [1.807, 2.05) is 42.1 Å². The first-order chi connectivity index (χ1) is 17.0. The quantitative estimate of drug-likeness (QED) is 0.388. The molecule has 0 saturated carbocycles. The van der Waals surface area contributed by atoms with Crippen LogP contribution in [-0.4, -0.2) is 36.4 Å². The topological polar surface area (TPSA) is 107 Å². The molecule has 0 bridgehead atoms. The minimum Gasteiger partial charge on any atom is -0.322 e. The highest BCUT2D eigenvalue weighted by molar-refractivity contribution is 6.13. The number of para-hydroxylation sites is 1. The lowest BCUT2D eigenvalue weighted by atomic mass is 10.0. The molecule has 174 valence electrons. The molecule has 5 aromatic rings. The Labute approximate surface area is 201 Å². The summed E-state index contributed by atoms with van der Waals surface area (Å²) >= 11 is 0. The Morgan fingerprint density at radius 1 is 0.943 bits per heavy atom. The van der Waals surface area contributed by atoms with Crippen LogP contribution >= 0.6 is 0 Å². The number of aromatic nitrogens is 5. The van der Waals surface area contributed by atoms with Crippen LogP contribution in [0.1, 0.15) is 27.8 Å². The standard InChI is InChI=1S/C26H23N7O2/c1-3-33-16-17(15-27-33)24-14-21(20-6-4-5-7-22(20)30-24)25(34)28-18-8-10-19(11-9-18)29-26(35)23-12-13-32(2)31-23/h4-16H,3H2,1-2H3,(H,28,34)(H,29,35). The van der Waals surface area contributed by atoms with Crippen molar-refractivity contribution in [2.24, 2.45) is 7.05 Å². The average Bonchev–Trinajstić information content (AvgIpc) is 3.54. The Hall–Kier alpha value is -4.79. The van der Waals surface area contributed by atoms with E-state index in [1.54, 1.807) is 60.5 Å². The Morgan fingerprint density at radius 3 is 2.31 bits per heavy atom. The van der Waals surface area contributed by atoms with E-state index in [0.717, 1.165) is 23.0 Å². The highest BCUT2D eigenvalue weighted by Crippen LogP contribution is 2.26. The summed E-state index contributed by atoms with van der Waals surface area (Å²) in [5.74, 6) is -0.553. The molecule has 5 rings (SSSR count). The van der Waals surface area contributed by atoms with Crippen LogP contribution in [0.5, 0.6) is 0 Å². The first-order valence-corrected chi connectivity index (χ1v) is 11.1. The van der Waals surface area contributed by atoms with Crippen LogP contribution in [-0.2, 0) is 13.6 Å². The number of carbonyl (C=O) groups excluding carboxylic acids is 2. The lowest BCUT2D eigenvalue weighted by Gasteiger charge is -2.11. The lowest BCUT2D eigenvalue weighted by molar-refractivity contribution is 0.101. The zero-order valence-electron chi connectivity index (χ0n) is 19.3. The van der Waals surface area contributed by atoms with Crippen LogP contribution in [0.3, 0.4) is 0 Å². The molecule has 0 unspecified atom stereocenters. The molecular weight excluding hydrogens is 442 g/mol. The molecular formula is C26H23N7O2. The summed E-state index contributed by atoms with van der Waals surface area (Å²) in [6, 6.07) is 17.9.